The Bertz CT molecular complexity index is 300. The molecule has 16 heavy (non-hydrogen) atoms. The summed E-state index contributed by atoms with van der Waals surface area (Å²) in [5.41, 5.74) is -0.914. The smallest absolute Gasteiger partial charge is 0.433 e. The third-order valence-electron chi connectivity index (χ3n) is 2.26. The van der Waals surface area contributed by atoms with Crippen LogP contribution in [0.4, 0.5) is 13.2 Å². The van der Waals surface area contributed by atoms with Crippen molar-refractivity contribution in [1.29, 1.82) is 0 Å². The van der Waals surface area contributed by atoms with Crippen molar-refractivity contribution in [2.24, 2.45) is 0 Å². The van der Waals surface area contributed by atoms with Gasteiger partial charge in [-0.15, -0.1) is 0 Å². The Morgan fingerprint density at radius 3 is 1.94 bits per heavy atom. The minimum absolute atomic E-state index is 0.308. The van der Waals surface area contributed by atoms with E-state index in [4.69, 9.17) is 0 Å². The van der Waals surface area contributed by atoms with Gasteiger partial charge >= 0.3 is 6.18 Å². The fraction of sp³-hybridized carbons (Fsp3) is 0.545. The van der Waals surface area contributed by atoms with Crippen molar-refractivity contribution >= 4 is 0 Å². The molecule has 1 aliphatic carbocycles. The first kappa shape index (κ1) is 12.8. The van der Waals surface area contributed by atoms with Crippen LogP contribution in [0.2, 0.25) is 0 Å². The third kappa shape index (κ3) is 4.08. The quantitative estimate of drug-likeness (QED) is 0.738. The Morgan fingerprint density at radius 1 is 1.12 bits per heavy atom. The molecule has 0 atom stereocenters. The number of hydrogen-bond donors (Lipinski definition) is 0. The highest BCUT2D eigenvalue weighted by Crippen LogP contribution is 2.27. The average molecular weight is 233 g/mol. The monoisotopic (exact) mass is 233 g/mol. The number of methoxy groups -OCH3 is 1. The van der Waals surface area contributed by atoms with Gasteiger partial charge < -0.3 is 4.74 Å². The standard InChI is InChI=1S/C7H6F3NO.C4H8/c1-12-5-2-3-6(11-4-5)7(8,9)10;1-2-4-3-1/h2-4H,1H3;1-4H2. The van der Waals surface area contributed by atoms with Gasteiger partial charge in [0.1, 0.15) is 11.4 Å². The highest BCUT2D eigenvalue weighted by atomic mass is 19.4. The van der Waals surface area contributed by atoms with Gasteiger partial charge in [0, 0.05) is 0 Å². The minimum atomic E-state index is -4.38. The maximum atomic E-state index is 11.9. The predicted molar refractivity (Wildman–Crippen MR) is 54.3 cm³/mol. The summed E-state index contributed by atoms with van der Waals surface area (Å²) in [5.74, 6) is 0.308. The van der Waals surface area contributed by atoms with Gasteiger partial charge in [0.05, 0.1) is 13.3 Å². The molecule has 0 aromatic carbocycles. The summed E-state index contributed by atoms with van der Waals surface area (Å²) in [6, 6.07) is 2.09. The van der Waals surface area contributed by atoms with Crippen molar-refractivity contribution in [2.45, 2.75) is 31.9 Å². The van der Waals surface area contributed by atoms with Gasteiger partial charge in [0.25, 0.3) is 0 Å². The van der Waals surface area contributed by atoms with Crippen molar-refractivity contribution in [1.82, 2.24) is 4.98 Å². The molecule has 0 bridgehead atoms. The lowest BCUT2D eigenvalue weighted by molar-refractivity contribution is -0.141. The van der Waals surface area contributed by atoms with Gasteiger partial charge in [-0.2, -0.15) is 13.2 Å². The molecule has 0 N–H and O–H groups in total. The predicted octanol–water partition coefficient (Wildman–Crippen LogP) is 3.67. The van der Waals surface area contributed by atoms with Crippen molar-refractivity contribution < 1.29 is 17.9 Å². The first-order valence-electron chi connectivity index (χ1n) is 5.11. The van der Waals surface area contributed by atoms with Crippen LogP contribution in [-0.2, 0) is 6.18 Å². The van der Waals surface area contributed by atoms with Gasteiger partial charge in [0.2, 0.25) is 0 Å². The molecule has 0 saturated heterocycles. The largest absolute Gasteiger partial charge is 0.495 e. The maximum Gasteiger partial charge on any atom is 0.433 e. The number of nitrogens with zero attached hydrogens (tertiary/aromatic N) is 1. The second-order valence-electron chi connectivity index (χ2n) is 3.50. The van der Waals surface area contributed by atoms with E-state index in [1.807, 2.05) is 0 Å². The molecule has 1 aromatic heterocycles. The first-order valence-corrected chi connectivity index (χ1v) is 5.11. The first-order chi connectivity index (χ1) is 7.54. The zero-order chi connectivity index (χ0) is 12.0. The summed E-state index contributed by atoms with van der Waals surface area (Å²) in [6.45, 7) is 0. The molecular weight excluding hydrogens is 219 g/mol. The van der Waals surface area contributed by atoms with E-state index in [0.29, 0.717) is 5.75 Å². The van der Waals surface area contributed by atoms with Crippen LogP contribution in [-0.4, -0.2) is 12.1 Å². The molecule has 2 nitrogen and oxygen atoms in total. The van der Waals surface area contributed by atoms with Crippen molar-refractivity contribution in [3.05, 3.63) is 24.0 Å². The number of alkyl halides is 3. The van der Waals surface area contributed by atoms with Crippen LogP contribution in [0.25, 0.3) is 0 Å². The molecule has 0 radical (unpaired) electrons. The summed E-state index contributed by atoms with van der Waals surface area (Å²) in [4.78, 5) is 3.17. The molecule has 1 fully saturated rings. The second-order valence-corrected chi connectivity index (χ2v) is 3.50. The van der Waals surface area contributed by atoms with Gasteiger partial charge in [-0.05, 0) is 12.1 Å². The molecule has 1 aliphatic rings. The van der Waals surface area contributed by atoms with Crippen molar-refractivity contribution in [3.63, 3.8) is 0 Å². The van der Waals surface area contributed by atoms with Crippen LogP contribution >= 0.6 is 0 Å². The summed E-state index contributed by atoms with van der Waals surface area (Å²) in [7, 11) is 1.37. The molecule has 1 heterocycles. The van der Waals surface area contributed by atoms with Crippen molar-refractivity contribution in [3.8, 4) is 5.75 Å². The summed E-state index contributed by atoms with van der Waals surface area (Å²) < 4.78 is 40.4. The summed E-state index contributed by atoms with van der Waals surface area (Å²) in [6.07, 6.45) is 2.65. The second kappa shape index (κ2) is 5.72. The van der Waals surface area contributed by atoms with E-state index in [2.05, 4.69) is 9.72 Å². The van der Waals surface area contributed by atoms with Crippen LogP contribution in [0, 0.1) is 0 Å². The fourth-order valence-corrected chi connectivity index (χ4v) is 0.919. The molecule has 1 saturated carbocycles. The van der Waals surface area contributed by atoms with Crippen LogP contribution in [0.15, 0.2) is 18.3 Å². The van der Waals surface area contributed by atoms with Gasteiger partial charge in [-0.1, -0.05) is 25.7 Å². The SMILES string of the molecule is C1CCC1.COc1ccc(C(F)(F)F)nc1. The van der Waals surface area contributed by atoms with Crippen LogP contribution in [0.5, 0.6) is 5.75 Å². The van der Waals surface area contributed by atoms with Gasteiger partial charge in [-0.25, -0.2) is 4.98 Å². The lowest BCUT2D eigenvalue weighted by atomic mass is 10.0. The number of hydrogen-bond acceptors (Lipinski definition) is 2. The van der Waals surface area contributed by atoms with E-state index >= 15 is 0 Å². The van der Waals surface area contributed by atoms with E-state index in [1.54, 1.807) is 0 Å². The highest BCUT2D eigenvalue weighted by molar-refractivity contribution is 5.20. The minimum Gasteiger partial charge on any atom is -0.495 e. The van der Waals surface area contributed by atoms with Crippen molar-refractivity contribution in [2.75, 3.05) is 7.11 Å². The summed E-state index contributed by atoms with van der Waals surface area (Å²) >= 11 is 0. The topological polar surface area (TPSA) is 22.1 Å². The molecule has 0 spiro atoms. The Balaban J connectivity index is 0.000000267. The van der Waals surface area contributed by atoms with E-state index in [9.17, 15) is 13.2 Å². The number of pyridine rings is 1. The molecule has 90 valence electrons. The normalized spacial score (nSPS) is 14.5. The number of halogens is 3. The molecule has 0 unspecified atom stereocenters. The molecule has 5 heteroatoms. The third-order valence-corrected chi connectivity index (χ3v) is 2.26. The molecule has 2 rings (SSSR count). The van der Waals surface area contributed by atoms with E-state index in [0.717, 1.165) is 12.3 Å². The Kier molecular flexibility index (Phi) is 4.58. The van der Waals surface area contributed by atoms with E-state index < -0.39 is 11.9 Å². The zero-order valence-corrected chi connectivity index (χ0v) is 9.05. The van der Waals surface area contributed by atoms with E-state index in [1.165, 1.54) is 38.9 Å². The molecule has 0 aliphatic heterocycles. The van der Waals surface area contributed by atoms with Crippen LogP contribution in [0.1, 0.15) is 31.4 Å². The number of rotatable bonds is 1. The highest BCUT2D eigenvalue weighted by Gasteiger charge is 2.31. The lowest BCUT2D eigenvalue weighted by Crippen LogP contribution is -2.07. The zero-order valence-electron chi connectivity index (χ0n) is 9.05. The Morgan fingerprint density at radius 2 is 1.69 bits per heavy atom. The van der Waals surface area contributed by atoms with Crippen LogP contribution < -0.4 is 4.74 Å². The average Bonchev–Trinajstić information content (AvgIpc) is 2.14. The summed E-state index contributed by atoms with van der Waals surface area (Å²) in [5, 5.41) is 0. The van der Waals surface area contributed by atoms with E-state index in [-0.39, 0.29) is 0 Å². The number of ether oxygens (including phenoxy) is 1. The molecular formula is C11H14F3NO. The van der Waals surface area contributed by atoms with Gasteiger partial charge in [0.15, 0.2) is 0 Å². The Labute approximate surface area is 92.5 Å². The molecule has 0 amide bonds. The van der Waals surface area contributed by atoms with Gasteiger partial charge in [-0.3, -0.25) is 0 Å². The maximum absolute atomic E-state index is 11.9. The Hall–Kier alpha value is -1.26. The van der Waals surface area contributed by atoms with Crippen LogP contribution in [0.3, 0.4) is 0 Å². The number of aromatic nitrogens is 1. The molecule has 1 aromatic rings. The lowest BCUT2D eigenvalue weighted by Gasteiger charge is -2.05. The fourth-order valence-electron chi connectivity index (χ4n) is 0.919.